The molecular formula is C24H32N4O. The Morgan fingerprint density at radius 1 is 0.931 bits per heavy atom. The first-order chi connectivity index (χ1) is 14.2. The molecule has 3 heterocycles. The van der Waals surface area contributed by atoms with Gasteiger partial charge in [-0.2, -0.15) is 0 Å². The van der Waals surface area contributed by atoms with Gasteiger partial charge in [-0.05, 0) is 76.5 Å². The van der Waals surface area contributed by atoms with Crippen molar-refractivity contribution in [3.05, 3.63) is 47.7 Å². The molecule has 2 aliphatic rings. The fraction of sp³-hybridized carbons (Fsp3) is 0.500. The van der Waals surface area contributed by atoms with Crippen LogP contribution in [0.15, 0.2) is 36.4 Å². The minimum atomic E-state index is -0.0588. The third kappa shape index (κ3) is 4.78. The Bertz CT molecular complexity index is 845. The Balaban J connectivity index is 1.40. The van der Waals surface area contributed by atoms with Gasteiger partial charge in [0.25, 0.3) is 5.91 Å². The summed E-state index contributed by atoms with van der Waals surface area (Å²) in [7, 11) is 0. The first-order valence-corrected chi connectivity index (χ1v) is 11.1. The smallest absolute Gasteiger partial charge is 0.257 e. The lowest BCUT2D eigenvalue weighted by molar-refractivity contribution is 0.102. The number of para-hydroxylation sites is 1. The van der Waals surface area contributed by atoms with Crippen LogP contribution in [0.25, 0.3) is 0 Å². The number of aryl methyl sites for hydroxylation is 1. The molecule has 0 bridgehead atoms. The van der Waals surface area contributed by atoms with E-state index < -0.39 is 0 Å². The standard InChI is InChI=1S/C24H32N4O/c1-19-13-14-21-23(25-19)28(22-12-6-5-11-20(22)24(29)26-21)18-10-3-2-7-15-27-16-8-4-9-17-27/h5-6,11-14H,2-4,7-10,15-18H2,1H3,(H,26,29). The molecule has 1 fully saturated rings. The van der Waals surface area contributed by atoms with Crippen molar-refractivity contribution in [3.8, 4) is 0 Å². The zero-order chi connectivity index (χ0) is 20.1. The van der Waals surface area contributed by atoms with Crippen LogP contribution in [0.2, 0.25) is 0 Å². The largest absolute Gasteiger partial charge is 0.324 e. The van der Waals surface area contributed by atoms with Crippen LogP contribution in [0, 0.1) is 6.92 Å². The minimum absolute atomic E-state index is 0.0588. The highest BCUT2D eigenvalue weighted by atomic mass is 16.1. The maximum Gasteiger partial charge on any atom is 0.257 e. The molecule has 0 radical (unpaired) electrons. The Hall–Kier alpha value is -2.40. The summed E-state index contributed by atoms with van der Waals surface area (Å²) in [6.45, 7) is 6.69. The third-order valence-corrected chi connectivity index (χ3v) is 6.01. The van der Waals surface area contributed by atoms with Crippen molar-refractivity contribution in [2.24, 2.45) is 0 Å². The van der Waals surface area contributed by atoms with E-state index in [1.807, 2.05) is 43.3 Å². The highest BCUT2D eigenvalue weighted by Crippen LogP contribution is 2.36. The van der Waals surface area contributed by atoms with Crippen molar-refractivity contribution in [1.29, 1.82) is 0 Å². The van der Waals surface area contributed by atoms with Gasteiger partial charge in [0.2, 0.25) is 0 Å². The van der Waals surface area contributed by atoms with Gasteiger partial charge in [0, 0.05) is 12.2 Å². The topological polar surface area (TPSA) is 48.5 Å². The number of piperidine rings is 1. The summed E-state index contributed by atoms with van der Waals surface area (Å²) in [5, 5.41) is 3.03. The predicted octanol–water partition coefficient (Wildman–Crippen LogP) is 5.14. The molecule has 0 atom stereocenters. The lowest BCUT2D eigenvalue weighted by atomic mass is 10.1. The van der Waals surface area contributed by atoms with E-state index in [1.54, 1.807) is 0 Å². The van der Waals surface area contributed by atoms with Crippen LogP contribution in [0.3, 0.4) is 0 Å². The van der Waals surface area contributed by atoms with Gasteiger partial charge < -0.3 is 15.1 Å². The molecular weight excluding hydrogens is 360 g/mol. The Kier molecular flexibility index (Phi) is 6.45. The number of hydrogen-bond acceptors (Lipinski definition) is 4. The molecule has 2 aliphatic heterocycles. The van der Waals surface area contributed by atoms with Gasteiger partial charge in [0.05, 0.1) is 16.9 Å². The second-order valence-electron chi connectivity index (χ2n) is 8.26. The molecule has 1 amide bonds. The number of pyridine rings is 1. The van der Waals surface area contributed by atoms with E-state index >= 15 is 0 Å². The Morgan fingerprint density at radius 2 is 1.69 bits per heavy atom. The van der Waals surface area contributed by atoms with E-state index in [9.17, 15) is 4.79 Å². The number of nitrogens with zero attached hydrogens (tertiary/aromatic N) is 3. The summed E-state index contributed by atoms with van der Waals surface area (Å²) in [5.41, 5.74) is 3.43. The molecule has 5 nitrogen and oxygen atoms in total. The molecule has 4 rings (SSSR count). The Labute approximate surface area is 174 Å². The van der Waals surface area contributed by atoms with Crippen molar-refractivity contribution in [2.45, 2.75) is 51.9 Å². The molecule has 1 saturated heterocycles. The molecule has 0 unspecified atom stereocenters. The molecule has 0 spiro atoms. The number of likely N-dealkylation sites (tertiary alicyclic amines) is 1. The van der Waals surface area contributed by atoms with Crippen LogP contribution in [0.1, 0.15) is 61.0 Å². The number of fused-ring (bicyclic) bond motifs is 2. The average Bonchev–Trinajstić information content (AvgIpc) is 2.86. The Morgan fingerprint density at radius 3 is 2.52 bits per heavy atom. The number of aromatic nitrogens is 1. The second-order valence-corrected chi connectivity index (χ2v) is 8.26. The van der Waals surface area contributed by atoms with E-state index in [0.29, 0.717) is 5.56 Å². The molecule has 1 aromatic carbocycles. The monoisotopic (exact) mass is 392 g/mol. The minimum Gasteiger partial charge on any atom is -0.324 e. The summed E-state index contributed by atoms with van der Waals surface area (Å²) < 4.78 is 0. The number of amides is 1. The van der Waals surface area contributed by atoms with E-state index in [2.05, 4.69) is 15.1 Å². The maximum absolute atomic E-state index is 12.7. The zero-order valence-electron chi connectivity index (χ0n) is 17.5. The van der Waals surface area contributed by atoms with Gasteiger partial charge in [-0.3, -0.25) is 4.79 Å². The molecule has 0 aliphatic carbocycles. The summed E-state index contributed by atoms with van der Waals surface area (Å²) in [5.74, 6) is 0.799. The van der Waals surface area contributed by atoms with Crippen LogP contribution < -0.4 is 10.2 Å². The van der Waals surface area contributed by atoms with Crippen molar-refractivity contribution in [2.75, 3.05) is 36.4 Å². The van der Waals surface area contributed by atoms with Gasteiger partial charge in [0.15, 0.2) is 5.82 Å². The first-order valence-electron chi connectivity index (χ1n) is 11.1. The molecule has 29 heavy (non-hydrogen) atoms. The van der Waals surface area contributed by atoms with Gasteiger partial charge >= 0.3 is 0 Å². The lowest BCUT2D eigenvalue weighted by Gasteiger charge is -2.26. The van der Waals surface area contributed by atoms with E-state index in [0.717, 1.165) is 35.9 Å². The number of nitrogens with one attached hydrogen (secondary N) is 1. The fourth-order valence-electron chi connectivity index (χ4n) is 4.42. The van der Waals surface area contributed by atoms with E-state index in [-0.39, 0.29) is 5.91 Å². The number of carbonyl (C=O) groups is 1. The highest BCUT2D eigenvalue weighted by molar-refractivity contribution is 6.12. The molecule has 2 aromatic rings. The molecule has 1 aromatic heterocycles. The van der Waals surface area contributed by atoms with E-state index in [1.165, 1.54) is 58.2 Å². The number of anilines is 3. The third-order valence-electron chi connectivity index (χ3n) is 6.01. The van der Waals surface area contributed by atoms with Crippen molar-refractivity contribution >= 4 is 23.1 Å². The van der Waals surface area contributed by atoms with Gasteiger partial charge in [-0.15, -0.1) is 0 Å². The first kappa shape index (κ1) is 19.9. The van der Waals surface area contributed by atoms with Crippen molar-refractivity contribution in [1.82, 2.24) is 9.88 Å². The van der Waals surface area contributed by atoms with Crippen LogP contribution >= 0.6 is 0 Å². The van der Waals surface area contributed by atoms with Gasteiger partial charge in [-0.1, -0.05) is 31.4 Å². The summed E-state index contributed by atoms with van der Waals surface area (Å²) in [4.78, 5) is 22.3. The van der Waals surface area contributed by atoms with Crippen LogP contribution in [-0.4, -0.2) is 42.0 Å². The number of hydrogen-bond donors (Lipinski definition) is 1. The number of benzene rings is 1. The van der Waals surface area contributed by atoms with Crippen LogP contribution in [0.5, 0.6) is 0 Å². The van der Waals surface area contributed by atoms with Crippen LogP contribution in [0.4, 0.5) is 17.2 Å². The summed E-state index contributed by atoms with van der Waals surface area (Å²) in [6.07, 6.45) is 8.98. The number of carbonyl (C=O) groups excluding carboxylic acids is 1. The number of unbranched alkanes of at least 4 members (excludes halogenated alkanes) is 3. The van der Waals surface area contributed by atoms with Crippen LogP contribution in [-0.2, 0) is 0 Å². The van der Waals surface area contributed by atoms with Crippen molar-refractivity contribution < 1.29 is 4.79 Å². The van der Waals surface area contributed by atoms with E-state index in [4.69, 9.17) is 4.98 Å². The van der Waals surface area contributed by atoms with Gasteiger partial charge in [-0.25, -0.2) is 4.98 Å². The highest BCUT2D eigenvalue weighted by Gasteiger charge is 2.25. The quantitative estimate of drug-likeness (QED) is 0.663. The summed E-state index contributed by atoms with van der Waals surface area (Å²) in [6, 6.07) is 11.8. The molecule has 0 saturated carbocycles. The molecule has 1 N–H and O–H groups in total. The van der Waals surface area contributed by atoms with Gasteiger partial charge in [0.1, 0.15) is 0 Å². The molecule has 154 valence electrons. The fourth-order valence-corrected chi connectivity index (χ4v) is 4.42. The number of rotatable bonds is 7. The zero-order valence-corrected chi connectivity index (χ0v) is 17.5. The SMILES string of the molecule is Cc1ccc2c(n1)N(CCCCCCN1CCCCC1)c1ccccc1C(=O)N2. The summed E-state index contributed by atoms with van der Waals surface area (Å²) >= 11 is 0. The maximum atomic E-state index is 12.7. The second kappa shape index (κ2) is 9.40. The lowest BCUT2D eigenvalue weighted by Crippen LogP contribution is -2.30. The predicted molar refractivity (Wildman–Crippen MR) is 119 cm³/mol. The van der Waals surface area contributed by atoms with Crippen molar-refractivity contribution in [3.63, 3.8) is 0 Å². The average molecular weight is 393 g/mol. The normalized spacial score (nSPS) is 16.7. The molecule has 5 heteroatoms.